The Morgan fingerprint density at radius 3 is 2.17 bits per heavy atom. The monoisotopic (exact) mass is 327 g/mol. The van der Waals surface area contributed by atoms with Crippen LogP contribution in [0.25, 0.3) is 0 Å². The number of imide groups is 1. The van der Waals surface area contributed by atoms with Gasteiger partial charge >= 0.3 is 0 Å². The molecule has 2 saturated heterocycles. The lowest BCUT2D eigenvalue weighted by atomic mass is 9.85. The average molecular weight is 327 g/mol. The first-order chi connectivity index (χ1) is 11.5. The number of rotatable bonds is 5. The van der Waals surface area contributed by atoms with Gasteiger partial charge in [-0.05, 0) is 0 Å². The van der Waals surface area contributed by atoms with Crippen molar-refractivity contribution in [2.45, 2.75) is 18.8 Å². The van der Waals surface area contributed by atoms with Crippen LogP contribution < -0.4 is 0 Å². The number of likely N-dealkylation sites (N-methyl/N-ethyl adjacent to an activating group) is 1. The third kappa shape index (κ3) is 2.48. The molecule has 0 N–H and O–H groups in total. The Hall–Kier alpha value is -1.98. The molecule has 5 nitrogen and oxygen atoms in total. The quantitative estimate of drug-likeness (QED) is 0.464. The van der Waals surface area contributed by atoms with Crippen molar-refractivity contribution in [2.24, 2.45) is 11.8 Å². The maximum absolute atomic E-state index is 12.6. The van der Waals surface area contributed by atoms with Crippen molar-refractivity contribution < 1.29 is 18.8 Å². The van der Waals surface area contributed by atoms with Gasteiger partial charge in [-0.15, -0.1) is 0 Å². The Morgan fingerprint density at radius 2 is 1.58 bits per heavy atom. The predicted octanol–water partition coefficient (Wildman–Crippen LogP) is 1.20. The normalized spacial score (nSPS) is 31.2. The molecule has 1 aromatic carbocycles. The van der Waals surface area contributed by atoms with Gasteiger partial charge in [0.15, 0.2) is 0 Å². The number of quaternary nitrogens is 1. The third-order valence-corrected chi connectivity index (χ3v) is 5.38. The minimum atomic E-state index is -0.294. The number of likely N-dealkylation sites (tertiary alicyclic amines) is 1. The van der Waals surface area contributed by atoms with Gasteiger partial charge in [0, 0.05) is 5.56 Å². The maximum atomic E-state index is 12.6. The zero-order chi connectivity index (χ0) is 16.9. The Bertz CT molecular complexity index is 668. The Kier molecular flexibility index (Phi) is 3.58. The van der Waals surface area contributed by atoms with E-state index in [1.807, 2.05) is 30.4 Å². The van der Waals surface area contributed by atoms with E-state index in [2.05, 4.69) is 26.2 Å². The van der Waals surface area contributed by atoms with Crippen LogP contribution >= 0.6 is 0 Å². The smallest absolute Gasteiger partial charge is 0.236 e. The van der Waals surface area contributed by atoms with E-state index in [0.29, 0.717) is 6.54 Å². The van der Waals surface area contributed by atoms with Gasteiger partial charge in [0.1, 0.15) is 6.54 Å². The lowest BCUT2D eigenvalue weighted by Crippen LogP contribution is -2.47. The van der Waals surface area contributed by atoms with Crippen LogP contribution in [0.2, 0.25) is 0 Å². The van der Waals surface area contributed by atoms with Crippen molar-refractivity contribution in [3.05, 3.63) is 48.0 Å². The standard InChI is InChI=1S/C19H23N2O3/c1-21(2,12-13-6-4-3-5-7-13)11-10-20-18(22)16-14-8-9-15(24-14)17(16)19(20)23/h3-9,14-17H,10-12H2,1-2H3/q+1. The van der Waals surface area contributed by atoms with Gasteiger partial charge in [0.25, 0.3) is 0 Å². The van der Waals surface area contributed by atoms with Crippen molar-refractivity contribution >= 4 is 11.8 Å². The summed E-state index contributed by atoms with van der Waals surface area (Å²) >= 11 is 0. The van der Waals surface area contributed by atoms with Gasteiger partial charge in [-0.1, -0.05) is 42.5 Å². The maximum Gasteiger partial charge on any atom is 0.236 e. The zero-order valence-electron chi connectivity index (χ0n) is 14.1. The van der Waals surface area contributed by atoms with Crippen LogP contribution in [0.15, 0.2) is 42.5 Å². The minimum Gasteiger partial charge on any atom is -0.365 e. The molecule has 3 aliphatic rings. The summed E-state index contributed by atoms with van der Waals surface area (Å²) in [7, 11) is 4.26. The number of hydrogen-bond donors (Lipinski definition) is 0. The van der Waals surface area contributed by atoms with Crippen LogP contribution in [0.5, 0.6) is 0 Å². The van der Waals surface area contributed by atoms with Crippen molar-refractivity contribution in [1.29, 1.82) is 0 Å². The summed E-state index contributed by atoms with van der Waals surface area (Å²) in [5.74, 6) is -0.697. The van der Waals surface area contributed by atoms with E-state index in [-0.39, 0.29) is 35.9 Å². The van der Waals surface area contributed by atoms with Gasteiger partial charge in [0.05, 0.1) is 51.2 Å². The Labute approximate surface area is 142 Å². The van der Waals surface area contributed by atoms with E-state index in [0.717, 1.165) is 17.6 Å². The minimum absolute atomic E-state index is 0.0541. The first kappa shape index (κ1) is 15.5. The molecule has 2 fully saturated rings. The van der Waals surface area contributed by atoms with E-state index in [1.54, 1.807) is 0 Å². The zero-order valence-corrected chi connectivity index (χ0v) is 14.1. The first-order valence-corrected chi connectivity index (χ1v) is 8.51. The number of carbonyl (C=O) groups excluding carboxylic acids is 2. The number of amides is 2. The molecule has 24 heavy (non-hydrogen) atoms. The first-order valence-electron chi connectivity index (χ1n) is 8.51. The summed E-state index contributed by atoms with van der Waals surface area (Å²) < 4.78 is 6.40. The molecular formula is C19H23N2O3+. The summed E-state index contributed by atoms with van der Waals surface area (Å²) in [6, 6.07) is 10.3. The highest BCUT2D eigenvalue weighted by molar-refractivity contribution is 6.06. The van der Waals surface area contributed by atoms with E-state index in [4.69, 9.17) is 4.74 Å². The second kappa shape index (κ2) is 5.53. The Morgan fingerprint density at radius 1 is 1.00 bits per heavy atom. The predicted molar refractivity (Wildman–Crippen MR) is 88.6 cm³/mol. The number of ether oxygens (including phenoxy) is 1. The lowest BCUT2D eigenvalue weighted by Gasteiger charge is -2.31. The second-order valence-electron chi connectivity index (χ2n) is 7.63. The van der Waals surface area contributed by atoms with Crippen molar-refractivity contribution in [2.75, 3.05) is 27.2 Å². The molecule has 126 valence electrons. The number of fused-ring (bicyclic) bond motifs is 5. The topological polar surface area (TPSA) is 46.6 Å². The van der Waals surface area contributed by atoms with E-state index in [1.165, 1.54) is 10.5 Å². The summed E-state index contributed by atoms with van der Waals surface area (Å²) in [5.41, 5.74) is 1.26. The lowest BCUT2D eigenvalue weighted by molar-refractivity contribution is -0.902. The largest absolute Gasteiger partial charge is 0.365 e. The van der Waals surface area contributed by atoms with Crippen LogP contribution in [0.4, 0.5) is 0 Å². The molecule has 5 heteroatoms. The van der Waals surface area contributed by atoms with Gasteiger partial charge in [0.2, 0.25) is 11.8 Å². The highest BCUT2D eigenvalue weighted by Gasteiger charge is 2.60. The number of benzene rings is 1. The third-order valence-electron chi connectivity index (χ3n) is 5.38. The number of carbonyl (C=O) groups is 2. The highest BCUT2D eigenvalue weighted by Crippen LogP contribution is 2.44. The molecule has 4 atom stereocenters. The van der Waals surface area contributed by atoms with Crippen LogP contribution in [-0.4, -0.2) is 60.6 Å². The summed E-state index contributed by atoms with van der Waals surface area (Å²) in [6.45, 7) is 2.10. The summed E-state index contributed by atoms with van der Waals surface area (Å²) in [4.78, 5) is 26.8. The molecule has 0 aromatic heterocycles. The molecule has 4 unspecified atom stereocenters. The van der Waals surface area contributed by atoms with Gasteiger partial charge in [-0.2, -0.15) is 0 Å². The molecule has 0 spiro atoms. The fraction of sp³-hybridized carbons (Fsp3) is 0.474. The fourth-order valence-corrected chi connectivity index (χ4v) is 4.11. The SMILES string of the molecule is C[N+](C)(CCN1C(=O)C2C3C=CC(O3)C2C1=O)Cc1ccccc1. The fourth-order valence-electron chi connectivity index (χ4n) is 4.11. The highest BCUT2D eigenvalue weighted by atomic mass is 16.5. The van der Waals surface area contributed by atoms with Crippen molar-refractivity contribution in [1.82, 2.24) is 4.90 Å². The molecule has 0 saturated carbocycles. The van der Waals surface area contributed by atoms with Gasteiger partial charge in [-0.25, -0.2) is 0 Å². The summed E-state index contributed by atoms with van der Waals surface area (Å²) in [5, 5.41) is 0. The molecule has 0 aliphatic carbocycles. The van der Waals surface area contributed by atoms with Crippen molar-refractivity contribution in [3.8, 4) is 0 Å². The Balaban J connectivity index is 1.41. The van der Waals surface area contributed by atoms with Crippen LogP contribution in [0, 0.1) is 11.8 Å². The number of nitrogens with zero attached hydrogens (tertiary/aromatic N) is 2. The van der Waals surface area contributed by atoms with E-state index in [9.17, 15) is 9.59 Å². The van der Waals surface area contributed by atoms with Gasteiger partial charge < -0.3 is 9.22 Å². The van der Waals surface area contributed by atoms with E-state index >= 15 is 0 Å². The molecule has 2 amide bonds. The summed E-state index contributed by atoms with van der Waals surface area (Å²) in [6.07, 6.45) is 3.45. The van der Waals surface area contributed by atoms with Gasteiger partial charge in [-0.3, -0.25) is 14.5 Å². The molecule has 0 radical (unpaired) electrons. The van der Waals surface area contributed by atoms with Crippen LogP contribution in [-0.2, 0) is 20.9 Å². The average Bonchev–Trinajstić information content (AvgIpc) is 3.21. The second-order valence-corrected chi connectivity index (χ2v) is 7.63. The molecular weight excluding hydrogens is 304 g/mol. The molecule has 2 bridgehead atoms. The van der Waals surface area contributed by atoms with E-state index < -0.39 is 0 Å². The van der Waals surface area contributed by atoms with Crippen molar-refractivity contribution in [3.63, 3.8) is 0 Å². The molecule has 4 rings (SSSR count). The van der Waals surface area contributed by atoms with Crippen LogP contribution in [0.3, 0.4) is 0 Å². The number of hydrogen-bond acceptors (Lipinski definition) is 3. The molecule has 3 heterocycles. The molecule has 1 aromatic rings. The van der Waals surface area contributed by atoms with Crippen LogP contribution in [0.1, 0.15) is 5.56 Å². The molecule has 3 aliphatic heterocycles.